The van der Waals surface area contributed by atoms with Crippen molar-refractivity contribution in [3.8, 4) is 11.6 Å². The summed E-state index contributed by atoms with van der Waals surface area (Å²) < 4.78 is 58.1. The number of nitrogens with zero attached hydrogens (tertiary/aromatic N) is 2. The molecule has 0 saturated heterocycles. The smallest absolute Gasteiger partial charge is 0.419 e. The fourth-order valence-corrected chi connectivity index (χ4v) is 3.22. The van der Waals surface area contributed by atoms with E-state index in [2.05, 4.69) is 15.3 Å². The van der Waals surface area contributed by atoms with E-state index in [1.807, 2.05) is 5.32 Å². The lowest BCUT2D eigenvalue weighted by molar-refractivity contribution is -0.139. The van der Waals surface area contributed by atoms with Gasteiger partial charge in [-0.05, 0) is 53.2 Å². The summed E-state index contributed by atoms with van der Waals surface area (Å²) in [6.45, 7) is 0. The second kappa shape index (κ2) is 9.25. The number of rotatable bonds is 5. The van der Waals surface area contributed by atoms with Gasteiger partial charge in [-0.1, -0.05) is 12.1 Å². The van der Waals surface area contributed by atoms with Crippen LogP contribution in [0, 0.1) is 5.82 Å². The number of hydrogen-bond donors (Lipinski definition) is 3. The van der Waals surface area contributed by atoms with Crippen LogP contribution in [0.25, 0.3) is 10.8 Å². The van der Waals surface area contributed by atoms with Crippen molar-refractivity contribution in [1.29, 1.82) is 0 Å². The van der Waals surface area contributed by atoms with E-state index in [0.29, 0.717) is 28.7 Å². The summed E-state index contributed by atoms with van der Waals surface area (Å²) in [7, 11) is 0. The van der Waals surface area contributed by atoms with Gasteiger partial charge in [0.25, 0.3) is 5.91 Å². The van der Waals surface area contributed by atoms with Crippen LogP contribution in [0.2, 0.25) is 0 Å². The van der Waals surface area contributed by atoms with Crippen molar-refractivity contribution >= 4 is 34.4 Å². The van der Waals surface area contributed by atoms with Gasteiger partial charge in [-0.25, -0.2) is 14.2 Å². The molecule has 1 aromatic heterocycles. The van der Waals surface area contributed by atoms with Crippen molar-refractivity contribution in [3.05, 3.63) is 83.8 Å². The molecule has 178 valence electrons. The van der Waals surface area contributed by atoms with Crippen molar-refractivity contribution < 1.29 is 37.0 Å². The molecule has 12 heteroatoms. The Morgan fingerprint density at radius 1 is 0.971 bits per heavy atom. The zero-order valence-electron chi connectivity index (χ0n) is 17.4. The van der Waals surface area contributed by atoms with Gasteiger partial charge in [0.05, 0.1) is 5.56 Å². The number of amides is 2. The third kappa shape index (κ3) is 5.43. The van der Waals surface area contributed by atoms with Gasteiger partial charge in [0, 0.05) is 23.5 Å². The first kappa shape index (κ1) is 23.4. The zero-order valence-corrected chi connectivity index (χ0v) is 17.4. The minimum atomic E-state index is -4.91. The SMILES string of the molecule is O=C(O)Nc1nccc(Oc2ccc3c(C(=O)Nc4ccc(F)c(C(F)(F)F)c4)cccc3c2)n1. The number of nitrogens with one attached hydrogen (secondary N) is 2. The molecule has 0 aliphatic carbocycles. The fourth-order valence-electron chi connectivity index (χ4n) is 3.22. The van der Waals surface area contributed by atoms with Gasteiger partial charge in [0.2, 0.25) is 11.8 Å². The van der Waals surface area contributed by atoms with Crippen LogP contribution in [0.1, 0.15) is 15.9 Å². The summed E-state index contributed by atoms with van der Waals surface area (Å²) in [6, 6.07) is 13.1. The maximum Gasteiger partial charge on any atom is 0.419 e. The van der Waals surface area contributed by atoms with Gasteiger partial charge in [0.15, 0.2) is 0 Å². The Bertz CT molecular complexity index is 1440. The number of benzene rings is 3. The maximum absolute atomic E-state index is 13.5. The summed E-state index contributed by atoms with van der Waals surface area (Å²) in [5.41, 5.74) is -1.53. The van der Waals surface area contributed by atoms with E-state index in [1.165, 1.54) is 24.4 Å². The number of halogens is 4. The molecule has 0 unspecified atom stereocenters. The lowest BCUT2D eigenvalue weighted by Crippen LogP contribution is -2.14. The number of fused-ring (bicyclic) bond motifs is 1. The van der Waals surface area contributed by atoms with Crippen LogP contribution in [0.5, 0.6) is 11.6 Å². The molecule has 3 N–H and O–H groups in total. The minimum absolute atomic E-state index is 0.0637. The summed E-state index contributed by atoms with van der Waals surface area (Å²) in [5, 5.41) is 14.2. The Hall–Kier alpha value is -4.74. The molecule has 0 aliphatic rings. The van der Waals surface area contributed by atoms with Crippen LogP contribution in [-0.4, -0.2) is 27.1 Å². The molecule has 0 bridgehead atoms. The van der Waals surface area contributed by atoms with Crippen molar-refractivity contribution in [3.63, 3.8) is 0 Å². The van der Waals surface area contributed by atoms with Gasteiger partial charge >= 0.3 is 12.3 Å². The maximum atomic E-state index is 13.5. The van der Waals surface area contributed by atoms with Gasteiger partial charge in [-0.15, -0.1) is 0 Å². The molecule has 4 rings (SSSR count). The molecule has 8 nitrogen and oxygen atoms in total. The highest BCUT2D eigenvalue weighted by Gasteiger charge is 2.34. The second-order valence-electron chi connectivity index (χ2n) is 7.09. The Kier molecular flexibility index (Phi) is 6.19. The predicted molar refractivity (Wildman–Crippen MR) is 117 cm³/mol. The first-order valence-electron chi connectivity index (χ1n) is 9.82. The van der Waals surface area contributed by atoms with Gasteiger partial charge < -0.3 is 15.2 Å². The molecule has 0 fully saturated rings. The molecule has 0 saturated carbocycles. The van der Waals surface area contributed by atoms with Crippen LogP contribution in [-0.2, 0) is 6.18 Å². The molecule has 1 heterocycles. The monoisotopic (exact) mass is 486 g/mol. The molecular weight excluding hydrogens is 472 g/mol. The van der Waals surface area contributed by atoms with E-state index in [9.17, 15) is 27.2 Å². The van der Waals surface area contributed by atoms with Crippen molar-refractivity contribution in [2.24, 2.45) is 0 Å². The molecule has 35 heavy (non-hydrogen) atoms. The van der Waals surface area contributed by atoms with E-state index >= 15 is 0 Å². The number of carbonyl (C=O) groups excluding carboxylic acids is 1. The summed E-state index contributed by atoms with van der Waals surface area (Å²) in [6.07, 6.45) is -4.94. The highest BCUT2D eigenvalue weighted by molar-refractivity contribution is 6.13. The molecule has 0 radical (unpaired) electrons. The summed E-state index contributed by atoms with van der Waals surface area (Å²) in [4.78, 5) is 31.2. The molecule has 3 aromatic carbocycles. The standard InChI is InChI=1S/C23H14F4N4O4/c24-18-7-4-13(11-17(18)23(25,26)27)29-20(32)16-3-1-2-12-10-14(5-6-15(12)16)35-19-8-9-28-21(30-19)31-22(33)34/h1-11H,(H,29,32)(H,33,34)(H,28,30,31). The summed E-state index contributed by atoms with van der Waals surface area (Å²) in [5.74, 6) is -1.92. The van der Waals surface area contributed by atoms with Crippen molar-refractivity contribution in [2.45, 2.75) is 6.18 Å². The highest BCUT2D eigenvalue weighted by Crippen LogP contribution is 2.33. The van der Waals surface area contributed by atoms with E-state index in [-0.39, 0.29) is 23.1 Å². The Labute approximate surface area is 194 Å². The lowest BCUT2D eigenvalue weighted by Gasteiger charge is -2.12. The molecule has 0 spiro atoms. The van der Waals surface area contributed by atoms with E-state index in [0.717, 1.165) is 6.07 Å². The fraction of sp³-hybridized carbons (Fsp3) is 0.0435. The molecular formula is C23H14F4N4O4. The normalized spacial score (nSPS) is 11.2. The van der Waals surface area contributed by atoms with Crippen LogP contribution >= 0.6 is 0 Å². The van der Waals surface area contributed by atoms with Crippen molar-refractivity contribution in [1.82, 2.24) is 9.97 Å². The van der Waals surface area contributed by atoms with Gasteiger partial charge in [-0.3, -0.25) is 10.1 Å². The number of aromatic nitrogens is 2. The molecule has 0 aliphatic heterocycles. The average Bonchev–Trinajstić information content (AvgIpc) is 2.79. The van der Waals surface area contributed by atoms with Gasteiger partial charge in [-0.2, -0.15) is 18.2 Å². The molecule has 2 amide bonds. The Balaban J connectivity index is 1.58. The zero-order chi connectivity index (χ0) is 25.2. The quantitative estimate of drug-likeness (QED) is 0.302. The van der Waals surface area contributed by atoms with Crippen LogP contribution in [0.15, 0.2) is 66.9 Å². The first-order chi connectivity index (χ1) is 16.6. The topological polar surface area (TPSA) is 113 Å². The largest absolute Gasteiger partial charge is 0.465 e. The van der Waals surface area contributed by atoms with Crippen molar-refractivity contribution in [2.75, 3.05) is 10.6 Å². The number of carboxylic acid groups (broad SMARTS) is 1. The van der Waals surface area contributed by atoms with E-state index in [1.54, 1.807) is 24.3 Å². The third-order valence-electron chi connectivity index (χ3n) is 4.70. The van der Waals surface area contributed by atoms with Crippen LogP contribution in [0.4, 0.5) is 34.0 Å². The number of anilines is 2. The Morgan fingerprint density at radius 2 is 1.77 bits per heavy atom. The van der Waals surface area contributed by atoms with Crippen LogP contribution < -0.4 is 15.4 Å². The third-order valence-corrected chi connectivity index (χ3v) is 4.70. The van der Waals surface area contributed by atoms with Crippen LogP contribution in [0.3, 0.4) is 0 Å². The number of carbonyl (C=O) groups is 2. The van der Waals surface area contributed by atoms with E-state index in [4.69, 9.17) is 9.84 Å². The average molecular weight is 486 g/mol. The molecule has 0 atom stereocenters. The van der Waals surface area contributed by atoms with Gasteiger partial charge in [0.1, 0.15) is 11.6 Å². The van der Waals surface area contributed by atoms with E-state index < -0.39 is 29.6 Å². The number of hydrogen-bond acceptors (Lipinski definition) is 5. The summed E-state index contributed by atoms with van der Waals surface area (Å²) >= 11 is 0. The first-order valence-corrected chi connectivity index (χ1v) is 9.82. The molecule has 4 aromatic rings. The minimum Gasteiger partial charge on any atom is -0.465 e. The second-order valence-corrected chi connectivity index (χ2v) is 7.09. The highest BCUT2D eigenvalue weighted by atomic mass is 19.4. The number of ether oxygens (including phenoxy) is 1. The lowest BCUT2D eigenvalue weighted by atomic mass is 10.0. The predicted octanol–water partition coefficient (Wildman–Crippen LogP) is 5.92. The Morgan fingerprint density at radius 3 is 2.51 bits per heavy atom. The number of alkyl halides is 3.